The lowest BCUT2D eigenvalue weighted by Gasteiger charge is -2.27. The summed E-state index contributed by atoms with van der Waals surface area (Å²) >= 11 is 0. The van der Waals surface area contributed by atoms with Crippen molar-refractivity contribution in [2.75, 3.05) is 6.54 Å². The van der Waals surface area contributed by atoms with Gasteiger partial charge in [-0.2, -0.15) is 5.26 Å². The molecule has 0 heterocycles. The molecule has 1 atom stereocenters. The molecule has 2 aromatic carbocycles. The lowest BCUT2D eigenvalue weighted by atomic mass is 9.82. The second-order valence-electron chi connectivity index (χ2n) is 7.25. The third-order valence-corrected chi connectivity index (χ3v) is 6.70. The van der Waals surface area contributed by atoms with Gasteiger partial charge >= 0.3 is 0 Å². The molecular weight excluding hydrogens is 375 g/mol. The highest BCUT2D eigenvalue weighted by atomic mass is 32.2. The number of hydrogen-bond acceptors (Lipinski definition) is 3. The molecule has 2 rings (SSSR count). The van der Waals surface area contributed by atoms with E-state index in [0.717, 1.165) is 11.1 Å². The quantitative estimate of drug-likeness (QED) is 0.671. The molecule has 6 heteroatoms. The molecule has 0 aliphatic rings. The van der Waals surface area contributed by atoms with Crippen LogP contribution in [-0.2, 0) is 21.9 Å². The van der Waals surface area contributed by atoms with Crippen molar-refractivity contribution < 1.29 is 12.8 Å². The van der Waals surface area contributed by atoms with E-state index in [2.05, 4.69) is 11.3 Å². The van der Waals surface area contributed by atoms with Crippen LogP contribution in [-0.4, -0.2) is 20.2 Å². The summed E-state index contributed by atoms with van der Waals surface area (Å²) in [5.74, 6) is -0.401. The number of halogens is 1. The van der Waals surface area contributed by atoms with Crippen LogP contribution in [0.1, 0.15) is 31.9 Å². The van der Waals surface area contributed by atoms with Gasteiger partial charge in [0.15, 0.2) is 0 Å². The normalized spacial score (nSPS) is 13.7. The predicted molar refractivity (Wildman–Crippen MR) is 111 cm³/mol. The minimum Gasteiger partial charge on any atom is -0.214 e. The molecule has 2 aromatic rings. The van der Waals surface area contributed by atoms with Gasteiger partial charge in [-0.25, -0.2) is 17.5 Å². The molecular formula is C22H25FN2O2S. The van der Waals surface area contributed by atoms with E-state index in [-0.39, 0.29) is 13.0 Å². The Bertz CT molecular complexity index is 992. The summed E-state index contributed by atoms with van der Waals surface area (Å²) in [5.41, 5.74) is 2.24. The van der Waals surface area contributed by atoms with Gasteiger partial charge in [-0.1, -0.05) is 49.4 Å². The summed E-state index contributed by atoms with van der Waals surface area (Å²) in [6.07, 6.45) is 1.76. The van der Waals surface area contributed by atoms with Crippen LogP contribution in [0.15, 0.2) is 55.1 Å². The highest BCUT2D eigenvalue weighted by molar-refractivity contribution is 7.90. The van der Waals surface area contributed by atoms with Crippen LogP contribution < -0.4 is 4.72 Å². The van der Waals surface area contributed by atoms with Gasteiger partial charge in [0.25, 0.3) is 0 Å². The molecule has 0 saturated heterocycles. The van der Waals surface area contributed by atoms with E-state index >= 15 is 0 Å². The van der Waals surface area contributed by atoms with Gasteiger partial charge in [0.2, 0.25) is 10.0 Å². The maximum absolute atomic E-state index is 14.1. The van der Waals surface area contributed by atoms with Gasteiger partial charge in [0.1, 0.15) is 5.82 Å². The standard InChI is InChI=1S/C22H25FN2O2S/c1-5-22(4,15-25-28(26,27)16(2)3)20-10-8-17(9-11-20)19-7-6-18(12-13-24)21(23)14-19/h5-11,14,16,25H,1,12,15H2,2-4H3. The van der Waals surface area contributed by atoms with E-state index in [1.807, 2.05) is 37.3 Å². The Hall–Kier alpha value is -2.49. The summed E-state index contributed by atoms with van der Waals surface area (Å²) in [7, 11) is -3.38. The van der Waals surface area contributed by atoms with E-state index in [1.165, 1.54) is 6.07 Å². The molecule has 0 aliphatic heterocycles. The van der Waals surface area contributed by atoms with Crippen molar-refractivity contribution >= 4 is 10.0 Å². The fourth-order valence-corrected chi connectivity index (χ4v) is 3.54. The first-order valence-electron chi connectivity index (χ1n) is 9.01. The smallest absolute Gasteiger partial charge is 0.213 e. The summed E-state index contributed by atoms with van der Waals surface area (Å²) in [5, 5.41) is 8.21. The van der Waals surface area contributed by atoms with Crippen LogP contribution in [0.3, 0.4) is 0 Å². The van der Waals surface area contributed by atoms with E-state index in [0.29, 0.717) is 11.1 Å². The lowest BCUT2D eigenvalue weighted by Crippen LogP contribution is -2.40. The maximum Gasteiger partial charge on any atom is 0.213 e. The van der Waals surface area contributed by atoms with Crippen molar-refractivity contribution in [3.8, 4) is 17.2 Å². The first-order valence-corrected chi connectivity index (χ1v) is 10.6. The highest BCUT2D eigenvalue weighted by Gasteiger charge is 2.26. The third-order valence-electron chi connectivity index (χ3n) is 4.91. The van der Waals surface area contributed by atoms with Gasteiger partial charge in [0.05, 0.1) is 17.7 Å². The molecule has 0 saturated carbocycles. The summed E-state index contributed by atoms with van der Waals surface area (Å²) in [4.78, 5) is 0. The van der Waals surface area contributed by atoms with Gasteiger partial charge in [-0.3, -0.25) is 0 Å². The summed E-state index contributed by atoms with van der Waals surface area (Å²) in [6, 6.07) is 14.3. The number of nitrogens with one attached hydrogen (secondary N) is 1. The summed E-state index contributed by atoms with van der Waals surface area (Å²) < 4.78 is 40.9. The fraction of sp³-hybridized carbons (Fsp3) is 0.318. The molecule has 1 unspecified atom stereocenters. The molecule has 0 bridgehead atoms. The van der Waals surface area contributed by atoms with Crippen molar-refractivity contribution in [2.45, 2.75) is 37.9 Å². The topological polar surface area (TPSA) is 70.0 Å². The van der Waals surface area contributed by atoms with E-state index < -0.39 is 26.5 Å². The minimum absolute atomic E-state index is 0.0367. The van der Waals surface area contributed by atoms with Crippen molar-refractivity contribution in [3.05, 3.63) is 72.1 Å². The fourth-order valence-electron chi connectivity index (χ4n) is 2.71. The molecule has 0 spiro atoms. The molecule has 4 nitrogen and oxygen atoms in total. The minimum atomic E-state index is -3.38. The Balaban J connectivity index is 2.26. The number of rotatable bonds is 8. The van der Waals surface area contributed by atoms with Crippen molar-refractivity contribution in [3.63, 3.8) is 0 Å². The first-order chi connectivity index (χ1) is 13.1. The van der Waals surface area contributed by atoms with Gasteiger partial charge < -0.3 is 0 Å². The van der Waals surface area contributed by atoms with Crippen molar-refractivity contribution in [1.29, 1.82) is 5.26 Å². The van der Waals surface area contributed by atoms with Crippen molar-refractivity contribution in [1.82, 2.24) is 4.72 Å². The molecule has 0 aromatic heterocycles. The zero-order valence-corrected chi connectivity index (χ0v) is 17.2. The Morgan fingerprint density at radius 3 is 2.32 bits per heavy atom. The van der Waals surface area contributed by atoms with Crippen LogP contribution in [0.5, 0.6) is 0 Å². The number of hydrogen-bond donors (Lipinski definition) is 1. The Morgan fingerprint density at radius 2 is 1.82 bits per heavy atom. The number of nitrogens with zero attached hydrogens (tertiary/aromatic N) is 1. The molecule has 0 aliphatic carbocycles. The van der Waals surface area contributed by atoms with Crippen LogP contribution >= 0.6 is 0 Å². The third kappa shape index (κ3) is 4.86. The zero-order valence-electron chi connectivity index (χ0n) is 16.4. The number of sulfonamides is 1. The van der Waals surface area contributed by atoms with Crippen molar-refractivity contribution in [2.24, 2.45) is 0 Å². The number of nitriles is 1. The molecule has 148 valence electrons. The lowest BCUT2D eigenvalue weighted by molar-refractivity contribution is 0.537. The average Bonchev–Trinajstić information content (AvgIpc) is 2.68. The summed E-state index contributed by atoms with van der Waals surface area (Å²) in [6.45, 7) is 9.23. The number of benzene rings is 2. The first kappa shape index (κ1) is 21.8. The molecule has 0 fully saturated rings. The highest BCUT2D eigenvalue weighted by Crippen LogP contribution is 2.28. The second-order valence-corrected chi connectivity index (χ2v) is 9.58. The molecule has 0 radical (unpaired) electrons. The van der Waals surface area contributed by atoms with Crippen LogP contribution in [0.25, 0.3) is 11.1 Å². The van der Waals surface area contributed by atoms with Crippen LogP contribution in [0.4, 0.5) is 4.39 Å². The van der Waals surface area contributed by atoms with Gasteiger partial charge in [0, 0.05) is 17.5 Å². The van der Waals surface area contributed by atoms with E-state index in [9.17, 15) is 12.8 Å². The van der Waals surface area contributed by atoms with E-state index in [4.69, 9.17) is 5.26 Å². The van der Waals surface area contributed by atoms with E-state index in [1.54, 1.807) is 32.1 Å². The SMILES string of the molecule is C=CC(C)(CNS(=O)(=O)C(C)C)c1ccc(-c2ccc(CC#N)c(F)c2)cc1. The Kier molecular flexibility index (Phi) is 6.76. The van der Waals surface area contributed by atoms with Gasteiger partial charge in [-0.05, 0) is 36.6 Å². The largest absolute Gasteiger partial charge is 0.214 e. The zero-order chi connectivity index (χ0) is 20.9. The second kappa shape index (κ2) is 8.68. The van der Waals surface area contributed by atoms with Crippen LogP contribution in [0, 0.1) is 17.1 Å². The van der Waals surface area contributed by atoms with Crippen LogP contribution in [0.2, 0.25) is 0 Å². The van der Waals surface area contributed by atoms with Gasteiger partial charge in [-0.15, -0.1) is 6.58 Å². The molecule has 28 heavy (non-hydrogen) atoms. The maximum atomic E-state index is 14.1. The molecule has 0 amide bonds. The monoisotopic (exact) mass is 400 g/mol. The Labute approximate surface area is 166 Å². The Morgan fingerprint density at radius 1 is 1.21 bits per heavy atom. The average molecular weight is 401 g/mol. The predicted octanol–water partition coefficient (Wildman–Crippen LogP) is 4.33. The molecule has 1 N–H and O–H groups in total.